The first kappa shape index (κ1) is 16.1. The Hall–Kier alpha value is -2.38. The number of nitrogens with zero attached hydrogens (tertiary/aromatic N) is 1. The van der Waals surface area contributed by atoms with Gasteiger partial charge < -0.3 is 15.0 Å². The molecule has 25 heavy (non-hydrogen) atoms. The zero-order valence-electron chi connectivity index (χ0n) is 13.8. The van der Waals surface area contributed by atoms with Crippen LogP contribution in [0.5, 0.6) is 0 Å². The predicted octanol–water partition coefficient (Wildman–Crippen LogP) is 2.08. The fourth-order valence-electron chi connectivity index (χ4n) is 3.49. The number of benzene rings is 1. The predicted molar refractivity (Wildman–Crippen MR) is 101 cm³/mol. The van der Waals surface area contributed by atoms with Crippen molar-refractivity contribution in [1.29, 1.82) is 0 Å². The van der Waals surface area contributed by atoms with Crippen LogP contribution in [0.4, 0.5) is 5.69 Å². The Bertz CT molecular complexity index is 1030. The number of pyridine rings is 1. The fourth-order valence-corrected chi connectivity index (χ4v) is 4.44. The lowest BCUT2D eigenvalue weighted by molar-refractivity contribution is 0.198. The molecule has 0 radical (unpaired) electrons. The quantitative estimate of drug-likeness (QED) is 0.669. The van der Waals surface area contributed by atoms with E-state index in [-0.39, 0.29) is 22.6 Å². The highest BCUT2D eigenvalue weighted by Crippen LogP contribution is 2.30. The number of rotatable bonds is 3. The third-order valence-electron chi connectivity index (χ3n) is 4.78. The molecule has 0 bridgehead atoms. The Labute approximate surface area is 147 Å². The molecule has 3 aromatic rings. The zero-order valence-corrected chi connectivity index (χ0v) is 14.7. The largest absolute Gasteiger partial charge is 0.391 e. The molecule has 1 atom stereocenters. The number of aromatic amines is 2. The maximum Gasteiger partial charge on any atom is 0.271 e. The molecule has 130 valence electrons. The number of aryl methyl sites for hydroxylation is 1. The third-order valence-corrected chi connectivity index (χ3v) is 5.72. The molecule has 0 aliphatic carbocycles. The van der Waals surface area contributed by atoms with E-state index in [0.717, 1.165) is 46.6 Å². The minimum absolute atomic E-state index is 0.216. The Morgan fingerprint density at radius 1 is 1.24 bits per heavy atom. The molecule has 1 fully saturated rings. The number of aromatic nitrogens is 2. The second-order valence-electron chi connectivity index (χ2n) is 6.33. The molecule has 1 saturated heterocycles. The van der Waals surface area contributed by atoms with Gasteiger partial charge in [0.05, 0.1) is 16.5 Å². The van der Waals surface area contributed by atoms with E-state index >= 15 is 0 Å². The number of β-amino-alcohol motifs (C(OH)–C–C–N with tert-alkyl or cyclic N) is 1. The van der Waals surface area contributed by atoms with E-state index in [4.69, 9.17) is 0 Å². The Morgan fingerprint density at radius 3 is 2.64 bits per heavy atom. The van der Waals surface area contributed by atoms with Gasteiger partial charge in [0.15, 0.2) is 0 Å². The van der Waals surface area contributed by atoms with Crippen molar-refractivity contribution in [2.75, 3.05) is 18.0 Å². The molecule has 0 saturated carbocycles. The van der Waals surface area contributed by atoms with Crippen LogP contribution >= 0.6 is 11.5 Å². The molecule has 6 nitrogen and oxygen atoms in total. The summed E-state index contributed by atoms with van der Waals surface area (Å²) in [5, 5.41) is 9.90. The number of fused-ring (bicyclic) bond motifs is 1. The van der Waals surface area contributed by atoms with Gasteiger partial charge in [-0.1, -0.05) is 30.6 Å². The average molecular weight is 357 g/mol. The van der Waals surface area contributed by atoms with Gasteiger partial charge in [0.2, 0.25) is 0 Å². The smallest absolute Gasteiger partial charge is 0.271 e. The minimum atomic E-state index is -0.351. The van der Waals surface area contributed by atoms with Crippen molar-refractivity contribution in [2.45, 2.75) is 25.9 Å². The lowest BCUT2D eigenvalue weighted by Gasteiger charge is -2.18. The van der Waals surface area contributed by atoms with Gasteiger partial charge in [-0.25, -0.2) is 0 Å². The molecular weight excluding hydrogens is 338 g/mol. The van der Waals surface area contributed by atoms with E-state index in [2.05, 4.69) is 14.3 Å². The summed E-state index contributed by atoms with van der Waals surface area (Å²) in [6.07, 6.45) is 1.25. The molecule has 0 amide bonds. The maximum absolute atomic E-state index is 12.3. The summed E-state index contributed by atoms with van der Waals surface area (Å²) in [4.78, 5) is 29.2. The minimum Gasteiger partial charge on any atom is -0.391 e. The standard InChI is InChI=1S/C18H19N3O3S/c1-2-13-15(19-17(23)14-16(13)25-20-18(14)24)10-3-5-11(6-4-10)21-8-7-12(22)9-21/h3-6,12,22H,2,7-9H2,1H3,(H,19,23)(H,20,24)/t12-/m1/s1. The maximum atomic E-state index is 12.3. The lowest BCUT2D eigenvalue weighted by atomic mass is 10.0. The van der Waals surface area contributed by atoms with Gasteiger partial charge in [0.1, 0.15) is 5.39 Å². The summed E-state index contributed by atoms with van der Waals surface area (Å²) in [5.74, 6) is 0. The van der Waals surface area contributed by atoms with Gasteiger partial charge in [-0.3, -0.25) is 14.0 Å². The molecule has 1 aliphatic heterocycles. The van der Waals surface area contributed by atoms with E-state index < -0.39 is 0 Å². The molecule has 2 aromatic heterocycles. The summed E-state index contributed by atoms with van der Waals surface area (Å²) in [5.41, 5.74) is 3.04. The highest BCUT2D eigenvalue weighted by Gasteiger charge is 2.21. The summed E-state index contributed by atoms with van der Waals surface area (Å²) in [7, 11) is 0. The van der Waals surface area contributed by atoms with Crippen LogP contribution in [0.3, 0.4) is 0 Å². The Kier molecular flexibility index (Phi) is 3.97. The van der Waals surface area contributed by atoms with Crippen LogP contribution in [-0.2, 0) is 6.42 Å². The fraction of sp³-hybridized carbons (Fsp3) is 0.333. The van der Waals surface area contributed by atoms with Crippen LogP contribution in [0.15, 0.2) is 33.9 Å². The second kappa shape index (κ2) is 6.16. The number of hydrogen-bond donors (Lipinski definition) is 3. The van der Waals surface area contributed by atoms with Crippen LogP contribution in [0, 0.1) is 0 Å². The van der Waals surface area contributed by atoms with Crippen LogP contribution < -0.4 is 16.0 Å². The number of hydrogen-bond acceptors (Lipinski definition) is 5. The number of aliphatic hydroxyl groups excluding tert-OH is 1. The van der Waals surface area contributed by atoms with Crippen molar-refractivity contribution in [3.8, 4) is 11.3 Å². The molecule has 4 rings (SSSR count). The summed E-state index contributed by atoms with van der Waals surface area (Å²) in [6, 6.07) is 7.97. The molecule has 7 heteroatoms. The third kappa shape index (κ3) is 2.69. The van der Waals surface area contributed by atoms with Crippen LogP contribution in [0.1, 0.15) is 18.9 Å². The molecule has 1 aliphatic rings. The second-order valence-corrected chi connectivity index (χ2v) is 7.15. The lowest BCUT2D eigenvalue weighted by Crippen LogP contribution is -2.20. The average Bonchev–Trinajstić information content (AvgIpc) is 3.22. The van der Waals surface area contributed by atoms with E-state index in [9.17, 15) is 14.7 Å². The van der Waals surface area contributed by atoms with E-state index in [1.807, 2.05) is 31.2 Å². The highest BCUT2D eigenvalue weighted by molar-refractivity contribution is 7.13. The molecular formula is C18H19N3O3S. The zero-order chi connectivity index (χ0) is 17.6. The topological polar surface area (TPSA) is 89.2 Å². The number of H-pyrrole nitrogens is 2. The van der Waals surface area contributed by atoms with Gasteiger partial charge in [0, 0.05) is 18.8 Å². The van der Waals surface area contributed by atoms with E-state index in [1.165, 1.54) is 11.5 Å². The van der Waals surface area contributed by atoms with Crippen molar-refractivity contribution < 1.29 is 5.11 Å². The number of nitrogens with one attached hydrogen (secondary N) is 2. The SMILES string of the molecule is CCc1c(-c2ccc(N3CC[C@@H](O)C3)cc2)[nH]c(=O)c2c(=O)[nH]sc12. The first-order chi connectivity index (χ1) is 12.1. The van der Waals surface area contributed by atoms with Crippen molar-refractivity contribution in [3.05, 3.63) is 50.5 Å². The number of anilines is 1. The molecule has 3 N–H and O–H groups in total. The van der Waals surface area contributed by atoms with Gasteiger partial charge >= 0.3 is 0 Å². The van der Waals surface area contributed by atoms with E-state index in [0.29, 0.717) is 6.54 Å². The first-order valence-corrected chi connectivity index (χ1v) is 9.20. The van der Waals surface area contributed by atoms with Crippen molar-refractivity contribution in [2.24, 2.45) is 0 Å². The first-order valence-electron chi connectivity index (χ1n) is 8.38. The molecule has 3 heterocycles. The Morgan fingerprint density at radius 2 is 2.00 bits per heavy atom. The van der Waals surface area contributed by atoms with E-state index in [1.54, 1.807) is 0 Å². The van der Waals surface area contributed by atoms with Crippen LogP contribution in [0.25, 0.3) is 21.3 Å². The van der Waals surface area contributed by atoms with Gasteiger partial charge in [-0.05, 0) is 36.1 Å². The summed E-state index contributed by atoms with van der Waals surface area (Å²) in [6.45, 7) is 3.52. The molecule has 0 unspecified atom stereocenters. The highest BCUT2D eigenvalue weighted by atomic mass is 32.1. The molecule has 0 spiro atoms. The molecule has 1 aromatic carbocycles. The van der Waals surface area contributed by atoms with Crippen molar-refractivity contribution >= 4 is 27.3 Å². The monoisotopic (exact) mass is 357 g/mol. The van der Waals surface area contributed by atoms with Crippen LogP contribution in [0.2, 0.25) is 0 Å². The van der Waals surface area contributed by atoms with Gasteiger partial charge in [0.25, 0.3) is 11.1 Å². The van der Waals surface area contributed by atoms with Crippen molar-refractivity contribution in [3.63, 3.8) is 0 Å². The van der Waals surface area contributed by atoms with Gasteiger partial charge in [-0.15, -0.1) is 0 Å². The van der Waals surface area contributed by atoms with Crippen molar-refractivity contribution in [1.82, 2.24) is 9.36 Å². The van der Waals surface area contributed by atoms with Gasteiger partial charge in [-0.2, -0.15) is 0 Å². The summed E-state index contributed by atoms with van der Waals surface area (Å²) < 4.78 is 3.39. The summed E-state index contributed by atoms with van der Waals surface area (Å²) >= 11 is 1.22. The normalized spacial score (nSPS) is 17.5. The van der Waals surface area contributed by atoms with Crippen LogP contribution in [-0.4, -0.2) is 33.7 Å². The Balaban J connectivity index is 1.79. The number of aliphatic hydroxyl groups is 1.